The minimum Gasteiger partial charge on any atom is -0.480 e. The number of hydrogen-bond acceptors (Lipinski definition) is 3. The van der Waals surface area contributed by atoms with Crippen LogP contribution in [0, 0.1) is 5.92 Å². The van der Waals surface area contributed by atoms with Crippen molar-refractivity contribution in [2.45, 2.75) is 44.2 Å². The maximum Gasteiger partial charge on any atom is 0.326 e. The predicted molar refractivity (Wildman–Crippen MR) is 80.4 cm³/mol. The van der Waals surface area contributed by atoms with Crippen LogP contribution in [-0.2, 0) is 20.7 Å². The molecule has 5 heteroatoms. The summed E-state index contributed by atoms with van der Waals surface area (Å²) in [4.78, 5) is 23.4. The molecule has 0 bridgehead atoms. The van der Waals surface area contributed by atoms with Crippen molar-refractivity contribution in [1.82, 2.24) is 5.32 Å². The van der Waals surface area contributed by atoms with Gasteiger partial charge in [-0.05, 0) is 29.9 Å². The fourth-order valence-corrected chi connectivity index (χ4v) is 2.98. The molecular weight excluding hydrogens is 282 g/mol. The number of nitrogens with one attached hydrogen (secondary N) is 1. The van der Waals surface area contributed by atoms with Crippen molar-refractivity contribution in [2.24, 2.45) is 5.92 Å². The van der Waals surface area contributed by atoms with E-state index >= 15 is 0 Å². The van der Waals surface area contributed by atoms with Crippen LogP contribution in [0.1, 0.15) is 42.9 Å². The van der Waals surface area contributed by atoms with Crippen LogP contribution >= 0.6 is 0 Å². The van der Waals surface area contributed by atoms with Crippen LogP contribution in [0.4, 0.5) is 0 Å². The van der Waals surface area contributed by atoms with Gasteiger partial charge in [-0.25, -0.2) is 4.79 Å². The molecule has 1 aromatic carbocycles. The first-order valence-corrected chi connectivity index (χ1v) is 7.85. The Kier molecular flexibility index (Phi) is 4.43. The molecule has 1 saturated carbocycles. The van der Waals surface area contributed by atoms with Crippen molar-refractivity contribution in [3.8, 4) is 0 Å². The van der Waals surface area contributed by atoms with Gasteiger partial charge in [-0.2, -0.15) is 0 Å². The third-order valence-electron chi connectivity index (χ3n) is 4.36. The molecule has 1 amide bonds. The second-order valence-corrected chi connectivity index (χ2v) is 6.15. The molecule has 3 rings (SSSR count). The smallest absolute Gasteiger partial charge is 0.326 e. The predicted octanol–water partition coefficient (Wildman–Crippen LogP) is 2.06. The van der Waals surface area contributed by atoms with Crippen molar-refractivity contribution in [1.29, 1.82) is 0 Å². The first-order valence-electron chi connectivity index (χ1n) is 7.85. The van der Waals surface area contributed by atoms with Crippen LogP contribution in [0.3, 0.4) is 0 Å². The van der Waals surface area contributed by atoms with Crippen LogP contribution in [0.2, 0.25) is 0 Å². The van der Waals surface area contributed by atoms with Crippen molar-refractivity contribution in [2.75, 3.05) is 6.61 Å². The Morgan fingerprint density at radius 3 is 2.82 bits per heavy atom. The zero-order valence-corrected chi connectivity index (χ0v) is 12.5. The van der Waals surface area contributed by atoms with E-state index in [-0.39, 0.29) is 18.4 Å². The van der Waals surface area contributed by atoms with Gasteiger partial charge in [0.05, 0.1) is 19.1 Å². The van der Waals surface area contributed by atoms with Crippen molar-refractivity contribution >= 4 is 11.9 Å². The molecule has 0 radical (unpaired) electrons. The highest BCUT2D eigenvalue weighted by atomic mass is 16.5. The highest BCUT2D eigenvalue weighted by Gasteiger charge is 2.31. The Morgan fingerprint density at radius 1 is 1.32 bits per heavy atom. The van der Waals surface area contributed by atoms with Crippen molar-refractivity contribution < 1.29 is 19.4 Å². The van der Waals surface area contributed by atoms with E-state index in [1.165, 1.54) is 5.56 Å². The van der Waals surface area contributed by atoms with E-state index in [2.05, 4.69) is 11.4 Å². The third kappa shape index (κ3) is 3.65. The number of carboxylic acids is 1. The molecule has 1 aromatic rings. The Hall–Kier alpha value is -1.88. The molecule has 1 heterocycles. The van der Waals surface area contributed by atoms with Gasteiger partial charge < -0.3 is 15.2 Å². The number of carbonyl (C=O) groups excluding carboxylic acids is 1. The van der Waals surface area contributed by atoms with Crippen LogP contribution in [0.5, 0.6) is 0 Å². The van der Waals surface area contributed by atoms with E-state index in [1.807, 2.05) is 18.2 Å². The van der Waals surface area contributed by atoms with Gasteiger partial charge >= 0.3 is 5.97 Å². The lowest BCUT2D eigenvalue weighted by Crippen LogP contribution is -2.41. The number of benzene rings is 1. The summed E-state index contributed by atoms with van der Waals surface area (Å²) in [5.41, 5.74) is 2.25. The van der Waals surface area contributed by atoms with Crippen LogP contribution in [-0.4, -0.2) is 29.6 Å². The minimum absolute atomic E-state index is 0.172. The summed E-state index contributed by atoms with van der Waals surface area (Å²) < 4.78 is 5.70. The van der Waals surface area contributed by atoms with Crippen molar-refractivity contribution in [3.05, 3.63) is 35.4 Å². The van der Waals surface area contributed by atoms with Gasteiger partial charge in [-0.15, -0.1) is 0 Å². The number of amides is 1. The zero-order chi connectivity index (χ0) is 15.5. The van der Waals surface area contributed by atoms with Gasteiger partial charge in [0.15, 0.2) is 0 Å². The molecule has 2 aliphatic rings. The maximum atomic E-state index is 12.2. The molecule has 1 aliphatic carbocycles. The van der Waals surface area contributed by atoms with E-state index in [1.54, 1.807) is 0 Å². The van der Waals surface area contributed by atoms with E-state index < -0.39 is 12.0 Å². The number of ether oxygens (including phenoxy) is 1. The summed E-state index contributed by atoms with van der Waals surface area (Å²) in [6.07, 6.45) is 3.42. The minimum atomic E-state index is -0.954. The fraction of sp³-hybridized carbons (Fsp3) is 0.529. The summed E-state index contributed by atoms with van der Waals surface area (Å²) >= 11 is 0. The lowest BCUT2D eigenvalue weighted by atomic mass is 9.95. The lowest BCUT2D eigenvalue weighted by Gasteiger charge is -2.26. The van der Waals surface area contributed by atoms with Crippen molar-refractivity contribution in [3.63, 3.8) is 0 Å². The maximum absolute atomic E-state index is 12.2. The molecule has 1 fully saturated rings. The summed E-state index contributed by atoms with van der Waals surface area (Å²) in [5, 5.41) is 11.9. The topological polar surface area (TPSA) is 75.6 Å². The van der Waals surface area contributed by atoms with Crippen LogP contribution < -0.4 is 5.32 Å². The number of rotatable bonds is 6. The van der Waals surface area contributed by atoms with Gasteiger partial charge in [-0.1, -0.05) is 37.1 Å². The van der Waals surface area contributed by atoms with Gasteiger partial charge in [-0.3, -0.25) is 4.79 Å². The molecule has 5 nitrogen and oxygen atoms in total. The highest BCUT2D eigenvalue weighted by Crippen LogP contribution is 2.34. The molecule has 118 valence electrons. The molecule has 2 N–H and O–H groups in total. The second-order valence-electron chi connectivity index (χ2n) is 6.15. The number of aliphatic carboxylic acids is 1. The number of carbonyl (C=O) groups is 2. The normalized spacial score (nSPS) is 21.7. The molecule has 2 atom stereocenters. The summed E-state index contributed by atoms with van der Waals surface area (Å²) in [5.74, 6) is -0.756. The molecule has 0 aromatic heterocycles. The molecule has 0 saturated heterocycles. The zero-order valence-electron chi connectivity index (χ0n) is 12.5. The van der Waals surface area contributed by atoms with Gasteiger partial charge in [0.1, 0.15) is 6.04 Å². The third-order valence-corrected chi connectivity index (χ3v) is 4.36. The van der Waals surface area contributed by atoms with Gasteiger partial charge in [0.2, 0.25) is 5.91 Å². The first-order chi connectivity index (χ1) is 10.6. The van der Waals surface area contributed by atoms with Crippen LogP contribution in [0.15, 0.2) is 24.3 Å². The number of carboxylic acid groups (broad SMARTS) is 1. The standard InChI is InChI=1S/C17H21NO4/c19-16(18-14(17(20)21)9-11-5-6-11)10-15-13-4-2-1-3-12(13)7-8-22-15/h1-4,11,14-15H,5-10H2,(H,18,19)(H,20,21). The van der Waals surface area contributed by atoms with E-state index in [9.17, 15) is 14.7 Å². The largest absolute Gasteiger partial charge is 0.480 e. The van der Waals surface area contributed by atoms with Gasteiger partial charge in [0, 0.05) is 0 Å². The van der Waals surface area contributed by atoms with Gasteiger partial charge in [0.25, 0.3) is 0 Å². The van der Waals surface area contributed by atoms with E-state index in [4.69, 9.17) is 4.74 Å². The lowest BCUT2D eigenvalue weighted by molar-refractivity contribution is -0.142. The Balaban J connectivity index is 1.60. The molecule has 2 unspecified atom stereocenters. The average molecular weight is 303 g/mol. The summed E-state index contributed by atoms with van der Waals surface area (Å²) in [6, 6.07) is 7.17. The van der Waals surface area contributed by atoms with E-state index in [0.29, 0.717) is 18.9 Å². The molecule has 1 aliphatic heterocycles. The number of hydrogen-bond donors (Lipinski definition) is 2. The Morgan fingerprint density at radius 2 is 2.09 bits per heavy atom. The SMILES string of the molecule is O=C(CC1OCCc2ccccc21)NC(CC1CC1)C(=O)O. The van der Waals surface area contributed by atoms with E-state index in [0.717, 1.165) is 24.8 Å². The average Bonchev–Trinajstić information content (AvgIpc) is 3.31. The Labute approximate surface area is 129 Å². The Bertz CT molecular complexity index is 568. The summed E-state index contributed by atoms with van der Waals surface area (Å²) in [6.45, 7) is 0.597. The number of fused-ring (bicyclic) bond motifs is 1. The fourth-order valence-electron chi connectivity index (χ4n) is 2.98. The summed E-state index contributed by atoms with van der Waals surface area (Å²) in [7, 11) is 0. The monoisotopic (exact) mass is 303 g/mol. The quantitative estimate of drug-likeness (QED) is 0.843. The molecular formula is C17H21NO4. The van der Waals surface area contributed by atoms with Crippen LogP contribution in [0.25, 0.3) is 0 Å². The highest BCUT2D eigenvalue weighted by molar-refractivity contribution is 5.83. The molecule has 0 spiro atoms. The second kappa shape index (κ2) is 6.48. The first kappa shape index (κ1) is 15.0. The molecule has 22 heavy (non-hydrogen) atoms.